The molecule has 0 amide bonds. The number of nitrogens with zero attached hydrogens (tertiary/aromatic N) is 2. The summed E-state index contributed by atoms with van der Waals surface area (Å²) in [5.74, 6) is 1.64. The van der Waals surface area contributed by atoms with Crippen LogP contribution in [-0.2, 0) is 11.3 Å². The van der Waals surface area contributed by atoms with Crippen molar-refractivity contribution in [3.8, 4) is 11.5 Å². The largest absolute Gasteiger partial charge is 0.454 e. The molecule has 1 atom stereocenters. The van der Waals surface area contributed by atoms with Gasteiger partial charge in [-0.15, -0.1) is 0 Å². The number of β-amino-alcohol motifs (C(OH)–C–C–N with tert-alkyl or cyclic N) is 1. The zero-order chi connectivity index (χ0) is 24.9. The molecular formula is C28H30Cl2N2O4. The van der Waals surface area contributed by atoms with Crippen LogP contribution in [0.2, 0.25) is 10.0 Å². The first-order chi connectivity index (χ1) is 17.5. The number of fused-ring (bicyclic) bond motifs is 1. The Labute approximate surface area is 221 Å². The van der Waals surface area contributed by atoms with E-state index < -0.39 is 6.10 Å². The fourth-order valence-corrected chi connectivity index (χ4v) is 4.90. The van der Waals surface area contributed by atoms with E-state index in [1.807, 2.05) is 54.6 Å². The molecule has 6 nitrogen and oxygen atoms in total. The highest BCUT2D eigenvalue weighted by atomic mass is 35.5. The summed E-state index contributed by atoms with van der Waals surface area (Å²) in [6, 6.07) is 21.3. The quantitative estimate of drug-likeness (QED) is 0.421. The molecule has 2 aliphatic heterocycles. The molecule has 0 radical (unpaired) electrons. The molecule has 0 bridgehead atoms. The maximum absolute atomic E-state index is 10.8. The minimum atomic E-state index is -0.590. The van der Waals surface area contributed by atoms with Crippen molar-refractivity contribution >= 4 is 23.2 Å². The first kappa shape index (κ1) is 25.3. The maximum Gasteiger partial charge on any atom is 0.231 e. The Kier molecular flexibility index (Phi) is 8.32. The Morgan fingerprint density at radius 1 is 0.778 bits per heavy atom. The highest BCUT2D eigenvalue weighted by Crippen LogP contribution is 2.33. The van der Waals surface area contributed by atoms with E-state index >= 15 is 0 Å². The summed E-state index contributed by atoms with van der Waals surface area (Å²) in [5, 5.41) is 12.1. The van der Waals surface area contributed by atoms with Crippen LogP contribution in [0.1, 0.15) is 22.8 Å². The van der Waals surface area contributed by atoms with Crippen molar-refractivity contribution in [3.63, 3.8) is 0 Å². The number of benzene rings is 3. The molecule has 190 valence electrons. The second-order valence-electron chi connectivity index (χ2n) is 9.23. The van der Waals surface area contributed by atoms with Crippen LogP contribution in [0.25, 0.3) is 0 Å². The van der Waals surface area contributed by atoms with Crippen molar-refractivity contribution in [2.24, 2.45) is 0 Å². The number of rotatable bonds is 9. The lowest BCUT2D eigenvalue weighted by atomic mass is 10.0. The molecule has 36 heavy (non-hydrogen) atoms. The van der Waals surface area contributed by atoms with Gasteiger partial charge in [0.2, 0.25) is 6.79 Å². The Hall–Kier alpha value is -2.32. The van der Waals surface area contributed by atoms with Crippen molar-refractivity contribution in [1.29, 1.82) is 0 Å². The van der Waals surface area contributed by atoms with E-state index in [2.05, 4.69) is 21.9 Å². The number of hydrogen-bond acceptors (Lipinski definition) is 6. The lowest BCUT2D eigenvalue weighted by molar-refractivity contribution is -0.0148. The summed E-state index contributed by atoms with van der Waals surface area (Å²) in [6.07, 6.45) is -0.903. The zero-order valence-corrected chi connectivity index (χ0v) is 21.5. The molecule has 3 aromatic rings. The number of halogens is 2. The fraction of sp³-hybridized carbons (Fsp3) is 0.357. The molecule has 2 aliphatic rings. The maximum atomic E-state index is 10.8. The topological polar surface area (TPSA) is 54.4 Å². The van der Waals surface area contributed by atoms with E-state index in [1.165, 1.54) is 5.56 Å². The molecule has 2 heterocycles. The molecule has 1 unspecified atom stereocenters. The van der Waals surface area contributed by atoms with Crippen molar-refractivity contribution in [2.75, 3.05) is 46.1 Å². The number of piperazine rings is 1. The van der Waals surface area contributed by atoms with Crippen LogP contribution in [0.4, 0.5) is 0 Å². The van der Waals surface area contributed by atoms with Gasteiger partial charge in [0.1, 0.15) is 6.10 Å². The average Bonchev–Trinajstić information content (AvgIpc) is 3.35. The summed E-state index contributed by atoms with van der Waals surface area (Å²) in [5.41, 5.74) is 3.17. The summed E-state index contributed by atoms with van der Waals surface area (Å²) >= 11 is 12.2. The first-order valence-electron chi connectivity index (χ1n) is 12.2. The average molecular weight is 529 g/mol. The normalized spacial score (nSPS) is 17.0. The molecule has 1 saturated heterocycles. The van der Waals surface area contributed by atoms with Crippen molar-refractivity contribution in [3.05, 3.63) is 93.5 Å². The van der Waals surface area contributed by atoms with Crippen LogP contribution in [0.15, 0.2) is 66.7 Å². The molecular weight excluding hydrogens is 499 g/mol. The highest BCUT2D eigenvalue weighted by Gasteiger charge is 2.22. The smallest absolute Gasteiger partial charge is 0.231 e. The van der Waals surface area contributed by atoms with Crippen LogP contribution in [-0.4, -0.2) is 67.1 Å². The molecule has 0 aromatic heterocycles. The highest BCUT2D eigenvalue weighted by molar-refractivity contribution is 6.30. The van der Waals surface area contributed by atoms with E-state index in [4.69, 9.17) is 37.4 Å². The van der Waals surface area contributed by atoms with Gasteiger partial charge in [0, 0.05) is 49.3 Å². The fourth-order valence-electron chi connectivity index (χ4n) is 4.65. The van der Waals surface area contributed by atoms with Gasteiger partial charge in [-0.1, -0.05) is 53.5 Å². The van der Waals surface area contributed by atoms with Crippen molar-refractivity contribution in [1.82, 2.24) is 9.80 Å². The number of aliphatic hydroxyl groups is 1. The molecule has 1 N–H and O–H groups in total. The molecule has 3 aromatic carbocycles. The van der Waals surface area contributed by atoms with Crippen LogP contribution in [0.5, 0.6) is 11.5 Å². The van der Waals surface area contributed by atoms with E-state index in [0.29, 0.717) is 23.4 Å². The van der Waals surface area contributed by atoms with Crippen molar-refractivity contribution < 1.29 is 19.3 Å². The minimum absolute atomic E-state index is 0.229. The predicted molar refractivity (Wildman–Crippen MR) is 141 cm³/mol. The first-order valence-corrected chi connectivity index (χ1v) is 12.9. The summed E-state index contributed by atoms with van der Waals surface area (Å²) < 4.78 is 17.1. The van der Waals surface area contributed by atoms with Crippen LogP contribution in [0, 0.1) is 0 Å². The lowest BCUT2D eigenvalue weighted by Gasteiger charge is -2.35. The molecule has 0 saturated carbocycles. The Morgan fingerprint density at radius 3 is 2.00 bits per heavy atom. The standard InChI is InChI=1S/C28H30Cl2N2O4/c29-23-6-2-21(3-7-23)28(22-4-8-24(30)9-5-22)34-18-25(33)17-32-13-11-31(12-14-32)16-20-1-10-26-27(15-20)36-19-35-26/h1-10,15,25,28,33H,11-14,16-19H2. The van der Waals surface area contributed by atoms with E-state index in [9.17, 15) is 5.11 Å². The Bertz CT molecular complexity index is 1090. The van der Waals surface area contributed by atoms with Gasteiger partial charge in [-0.2, -0.15) is 0 Å². The number of ether oxygens (including phenoxy) is 3. The van der Waals surface area contributed by atoms with Gasteiger partial charge in [-0.05, 0) is 53.1 Å². The van der Waals surface area contributed by atoms with Gasteiger partial charge in [0.25, 0.3) is 0 Å². The van der Waals surface area contributed by atoms with Crippen LogP contribution < -0.4 is 9.47 Å². The van der Waals surface area contributed by atoms with Gasteiger partial charge < -0.3 is 19.3 Å². The lowest BCUT2D eigenvalue weighted by Crippen LogP contribution is -2.48. The number of hydrogen-bond donors (Lipinski definition) is 1. The molecule has 0 spiro atoms. The summed E-state index contributed by atoms with van der Waals surface area (Å²) in [4.78, 5) is 4.72. The number of aliphatic hydroxyl groups excluding tert-OH is 1. The van der Waals surface area contributed by atoms with Gasteiger partial charge in [-0.3, -0.25) is 9.80 Å². The summed E-state index contributed by atoms with van der Waals surface area (Å²) in [7, 11) is 0. The van der Waals surface area contributed by atoms with Gasteiger partial charge in [0.15, 0.2) is 11.5 Å². The molecule has 1 fully saturated rings. The second-order valence-corrected chi connectivity index (χ2v) is 10.1. The van der Waals surface area contributed by atoms with Gasteiger partial charge >= 0.3 is 0 Å². The molecule has 8 heteroatoms. The molecule has 5 rings (SSSR count). The summed E-state index contributed by atoms with van der Waals surface area (Å²) in [6.45, 7) is 5.67. The minimum Gasteiger partial charge on any atom is -0.454 e. The Morgan fingerprint density at radius 2 is 1.36 bits per heavy atom. The van der Waals surface area contributed by atoms with E-state index in [0.717, 1.165) is 55.3 Å². The van der Waals surface area contributed by atoms with Crippen LogP contribution >= 0.6 is 23.2 Å². The molecule has 0 aliphatic carbocycles. The zero-order valence-electron chi connectivity index (χ0n) is 20.0. The van der Waals surface area contributed by atoms with E-state index in [1.54, 1.807) is 0 Å². The third kappa shape index (κ3) is 6.51. The predicted octanol–water partition coefficient (Wildman–Crippen LogP) is 5.01. The van der Waals surface area contributed by atoms with Gasteiger partial charge in [0.05, 0.1) is 12.7 Å². The van der Waals surface area contributed by atoms with Gasteiger partial charge in [-0.25, -0.2) is 0 Å². The third-order valence-electron chi connectivity index (χ3n) is 6.58. The third-order valence-corrected chi connectivity index (χ3v) is 7.08. The van der Waals surface area contributed by atoms with Crippen molar-refractivity contribution in [2.45, 2.75) is 18.8 Å². The van der Waals surface area contributed by atoms with E-state index in [-0.39, 0.29) is 12.7 Å². The SMILES string of the molecule is OC(COC(c1ccc(Cl)cc1)c1ccc(Cl)cc1)CN1CCN(Cc2ccc3c(c2)OCO3)CC1. The monoisotopic (exact) mass is 528 g/mol. The second kappa shape index (κ2) is 11.8. The Balaban J connectivity index is 1.11. The van der Waals surface area contributed by atoms with Crippen LogP contribution in [0.3, 0.4) is 0 Å².